The zero-order valence-corrected chi connectivity index (χ0v) is 13.2. The summed E-state index contributed by atoms with van der Waals surface area (Å²) in [5, 5.41) is 13.4. The number of aliphatic hydroxyl groups excluding tert-OH is 1. The fraction of sp³-hybridized carbons (Fsp3) is 0.263. The molecule has 0 saturated heterocycles. The van der Waals surface area contributed by atoms with Crippen molar-refractivity contribution in [3.05, 3.63) is 71.2 Å². The molecule has 0 amide bonds. The third kappa shape index (κ3) is 3.44. The van der Waals surface area contributed by atoms with Crippen molar-refractivity contribution in [1.82, 2.24) is 9.88 Å². The molecule has 0 aliphatic rings. The number of aromatic nitrogens is 1. The highest BCUT2D eigenvalue weighted by Gasteiger charge is 2.10. The molecule has 0 saturated carbocycles. The van der Waals surface area contributed by atoms with E-state index in [1.807, 2.05) is 12.1 Å². The van der Waals surface area contributed by atoms with Gasteiger partial charge in [0.1, 0.15) is 5.82 Å². The molecule has 3 aromatic rings. The van der Waals surface area contributed by atoms with Gasteiger partial charge in [0.15, 0.2) is 0 Å². The summed E-state index contributed by atoms with van der Waals surface area (Å²) >= 11 is 0. The van der Waals surface area contributed by atoms with Crippen LogP contribution < -0.4 is 5.32 Å². The van der Waals surface area contributed by atoms with E-state index in [9.17, 15) is 4.39 Å². The second kappa shape index (κ2) is 6.94. The summed E-state index contributed by atoms with van der Waals surface area (Å²) in [6.07, 6.45) is 2.14. The van der Waals surface area contributed by atoms with Gasteiger partial charge in [0.2, 0.25) is 0 Å². The summed E-state index contributed by atoms with van der Waals surface area (Å²) in [5.74, 6) is -0.209. The number of nitrogens with zero attached hydrogens (tertiary/aromatic N) is 1. The first kappa shape index (κ1) is 15.7. The number of hydrogen-bond acceptors (Lipinski definition) is 2. The molecule has 0 unspecified atom stereocenters. The second-order valence-electron chi connectivity index (χ2n) is 5.78. The molecule has 4 heteroatoms. The molecule has 0 bridgehead atoms. The maximum atomic E-state index is 13.1. The molecule has 3 rings (SSSR count). The Balaban J connectivity index is 1.93. The molecule has 1 heterocycles. The molecule has 0 radical (unpaired) electrons. The molecule has 0 spiro atoms. The van der Waals surface area contributed by atoms with Gasteiger partial charge in [-0.2, -0.15) is 0 Å². The van der Waals surface area contributed by atoms with Crippen molar-refractivity contribution >= 4 is 10.9 Å². The zero-order chi connectivity index (χ0) is 16.2. The standard InChI is InChI=1S/C19H21FN2O/c1-14-12-22(13-15-5-7-17(20)8-6-15)18-4-2-3-16(19(14)18)11-21-9-10-23/h2-8,12,21,23H,9-11,13H2,1H3. The zero-order valence-electron chi connectivity index (χ0n) is 13.2. The van der Waals surface area contributed by atoms with Crippen LogP contribution in [0.4, 0.5) is 4.39 Å². The van der Waals surface area contributed by atoms with Gasteiger partial charge in [-0.15, -0.1) is 0 Å². The van der Waals surface area contributed by atoms with E-state index in [2.05, 4.69) is 41.2 Å². The SMILES string of the molecule is Cc1cn(Cc2ccc(F)cc2)c2cccc(CNCCO)c12. The van der Waals surface area contributed by atoms with Crippen molar-refractivity contribution in [2.45, 2.75) is 20.0 Å². The first-order valence-electron chi connectivity index (χ1n) is 7.82. The Labute approximate surface area is 135 Å². The molecule has 2 aromatic carbocycles. The lowest BCUT2D eigenvalue weighted by molar-refractivity contribution is 0.292. The summed E-state index contributed by atoms with van der Waals surface area (Å²) in [6, 6.07) is 12.9. The van der Waals surface area contributed by atoms with E-state index in [4.69, 9.17) is 5.11 Å². The fourth-order valence-electron chi connectivity index (χ4n) is 3.02. The van der Waals surface area contributed by atoms with Crippen LogP contribution in [0.15, 0.2) is 48.7 Å². The van der Waals surface area contributed by atoms with Crippen molar-refractivity contribution in [2.75, 3.05) is 13.2 Å². The van der Waals surface area contributed by atoms with Crippen LogP contribution in [0, 0.1) is 12.7 Å². The number of benzene rings is 2. The lowest BCUT2D eigenvalue weighted by Gasteiger charge is -2.08. The summed E-state index contributed by atoms with van der Waals surface area (Å²) in [4.78, 5) is 0. The minimum atomic E-state index is -0.209. The van der Waals surface area contributed by atoms with E-state index in [-0.39, 0.29) is 12.4 Å². The van der Waals surface area contributed by atoms with Gasteiger partial charge in [0.05, 0.1) is 6.61 Å². The highest BCUT2D eigenvalue weighted by molar-refractivity contribution is 5.87. The van der Waals surface area contributed by atoms with E-state index in [1.165, 1.54) is 34.2 Å². The minimum Gasteiger partial charge on any atom is -0.395 e. The molecule has 0 aliphatic carbocycles. The highest BCUT2D eigenvalue weighted by Crippen LogP contribution is 2.25. The van der Waals surface area contributed by atoms with Crippen LogP contribution in [0.2, 0.25) is 0 Å². The topological polar surface area (TPSA) is 37.2 Å². The second-order valence-corrected chi connectivity index (χ2v) is 5.78. The van der Waals surface area contributed by atoms with Gasteiger partial charge in [0, 0.05) is 36.7 Å². The maximum Gasteiger partial charge on any atom is 0.123 e. The summed E-state index contributed by atoms with van der Waals surface area (Å²) < 4.78 is 15.3. The first-order valence-corrected chi connectivity index (χ1v) is 7.82. The Kier molecular flexibility index (Phi) is 4.74. The Morgan fingerprint density at radius 2 is 1.91 bits per heavy atom. The quantitative estimate of drug-likeness (QED) is 0.686. The molecule has 0 atom stereocenters. The number of aliphatic hydroxyl groups is 1. The van der Waals surface area contributed by atoms with Gasteiger partial charge >= 0.3 is 0 Å². The van der Waals surface area contributed by atoms with Crippen LogP contribution in [-0.2, 0) is 13.1 Å². The summed E-state index contributed by atoms with van der Waals surface area (Å²) in [7, 11) is 0. The van der Waals surface area contributed by atoms with Crippen molar-refractivity contribution in [1.29, 1.82) is 0 Å². The first-order chi connectivity index (χ1) is 11.2. The van der Waals surface area contributed by atoms with Gasteiger partial charge < -0.3 is 15.0 Å². The third-order valence-corrected chi connectivity index (χ3v) is 4.05. The monoisotopic (exact) mass is 312 g/mol. The number of hydrogen-bond donors (Lipinski definition) is 2. The average molecular weight is 312 g/mol. The van der Waals surface area contributed by atoms with Crippen LogP contribution in [0.1, 0.15) is 16.7 Å². The smallest absolute Gasteiger partial charge is 0.123 e. The van der Waals surface area contributed by atoms with Gasteiger partial charge in [-0.1, -0.05) is 24.3 Å². The fourth-order valence-corrected chi connectivity index (χ4v) is 3.02. The van der Waals surface area contributed by atoms with E-state index in [0.29, 0.717) is 6.54 Å². The van der Waals surface area contributed by atoms with Crippen LogP contribution in [0.5, 0.6) is 0 Å². The third-order valence-electron chi connectivity index (χ3n) is 4.05. The lowest BCUT2D eigenvalue weighted by atomic mass is 10.1. The molecule has 120 valence electrons. The lowest BCUT2D eigenvalue weighted by Crippen LogP contribution is -2.17. The molecule has 3 nitrogen and oxygen atoms in total. The Morgan fingerprint density at radius 1 is 1.13 bits per heavy atom. The Bertz CT molecular complexity index is 793. The van der Waals surface area contributed by atoms with Crippen molar-refractivity contribution in [3.63, 3.8) is 0 Å². The number of rotatable bonds is 6. The molecular weight excluding hydrogens is 291 g/mol. The molecule has 1 aromatic heterocycles. The van der Waals surface area contributed by atoms with Crippen LogP contribution in [0.25, 0.3) is 10.9 Å². The molecule has 0 fully saturated rings. The minimum absolute atomic E-state index is 0.139. The number of aryl methyl sites for hydroxylation is 1. The van der Waals surface area contributed by atoms with Crippen molar-refractivity contribution in [3.8, 4) is 0 Å². The highest BCUT2D eigenvalue weighted by atomic mass is 19.1. The largest absolute Gasteiger partial charge is 0.395 e. The molecule has 0 aliphatic heterocycles. The van der Waals surface area contributed by atoms with Crippen LogP contribution >= 0.6 is 0 Å². The Morgan fingerprint density at radius 3 is 2.65 bits per heavy atom. The molecule has 2 N–H and O–H groups in total. The van der Waals surface area contributed by atoms with Crippen molar-refractivity contribution < 1.29 is 9.50 Å². The predicted octanol–water partition coefficient (Wildman–Crippen LogP) is 3.22. The van der Waals surface area contributed by atoms with Crippen LogP contribution in [-0.4, -0.2) is 22.8 Å². The predicted molar refractivity (Wildman–Crippen MR) is 91.0 cm³/mol. The average Bonchev–Trinajstić information content (AvgIpc) is 2.87. The van der Waals surface area contributed by atoms with E-state index in [0.717, 1.165) is 18.7 Å². The summed E-state index contributed by atoms with van der Waals surface area (Å²) in [6.45, 7) is 4.29. The maximum absolute atomic E-state index is 13.1. The van der Waals surface area contributed by atoms with Gasteiger partial charge in [0.25, 0.3) is 0 Å². The van der Waals surface area contributed by atoms with E-state index in [1.54, 1.807) is 0 Å². The van der Waals surface area contributed by atoms with Crippen LogP contribution in [0.3, 0.4) is 0 Å². The Hall–Kier alpha value is -2.17. The van der Waals surface area contributed by atoms with Gasteiger partial charge in [-0.3, -0.25) is 0 Å². The number of fused-ring (bicyclic) bond motifs is 1. The summed E-state index contributed by atoms with van der Waals surface area (Å²) in [5.41, 5.74) is 4.71. The van der Waals surface area contributed by atoms with Gasteiger partial charge in [-0.05, 0) is 41.8 Å². The van der Waals surface area contributed by atoms with E-state index < -0.39 is 0 Å². The van der Waals surface area contributed by atoms with E-state index >= 15 is 0 Å². The normalized spacial score (nSPS) is 11.3. The molecular formula is C19H21FN2O. The molecule has 23 heavy (non-hydrogen) atoms. The number of nitrogens with one attached hydrogen (secondary N) is 1. The van der Waals surface area contributed by atoms with Gasteiger partial charge in [-0.25, -0.2) is 4.39 Å². The van der Waals surface area contributed by atoms with Crippen molar-refractivity contribution in [2.24, 2.45) is 0 Å². The number of halogens is 1.